The smallest absolute Gasteiger partial charge is 0.227 e. The fourth-order valence-electron chi connectivity index (χ4n) is 2.94. The summed E-state index contributed by atoms with van der Waals surface area (Å²) in [5, 5.41) is 5.99. The number of hydrogen-bond donors (Lipinski definition) is 2. The normalized spacial score (nSPS) is 11.0. The van der Waals surface area contributed by atoms with Crippen LogP contribution in [0.1, 0.15) is 31.4 Å². The van der Waals surface area contributed by atoms with Gasteiger partial charge in [0.2, 0.25) is 11.8 Å². The minimum absolute atomic E-state index is 0.0953. The fraction of sp³-hybridized carbons (Fsp3) is 0.286. The topological polar surface area (TPSA) is 67.2 Å². The molecule has 0 bridgehead atoms. The Morgan fingerprint density at radius 2 is 1.85 bits per heavy atom. The van der Waals surface area contributed by atoms with Crippen molar-refractivity contribution in [3.63, 3.8) is 0 Å². The van der Waals surface area contributed by atoms with Crippen molar-refractivity contribution in [2.75, 3.05) is 5.32 Å². The van der Waals surface area contributed by atoms with Crippen molar-refractivity contribution in [3.05, 3.63) is 47.5 Å². The van der Waals surface area contributed by atoms with Crippen LogP contribution in [0.2, 0.25) is 0 Å². The van der Waals surface area contributed by atoms with E-state index in [0.717, 1.165) is 27.9 Å². The SMILES string of the molecule is Cc1cc(C)cc(-c2nc3cc(NC(=S)NC(=O)CC(C)C)ccc3o2)c1. The molecular weight excluding hydrogens is 358 g/mol. The first-order valence-corrected chi connectivity index (χ1v) is 9.31. The van der Waals surface area contributed by atoms with Crippen molar-refractivity contribution in [1.29, 1.82) is 0 Å². The summed E-state index contributed by atoms with van der Waals surface area (Å²) in [5.74, 6) is 0.770. The molecule has 3 rings (SSSR count). The molecule has 2 N–H and O–H groups in total. The lowest BCUT2D eigenvalue weighted by atomic mass is 10.1. The van der Waals surface area contributed by atoms with E-state index in [1.165, 1.54) is 0 Å². The Morgan fingerprint density at radius 3 is 2.52 bits per heavy atom. The first-order valence-electron chi connectivity index (χ1n) is 8.90. The molecule has 2 aromatic carbocycles. The average Bonchev–Trinajstić information content (AvgIpc) is 2.96. The Balaban J connectivity index is 1.77. The van der Waals surface area contributed by atoms with E-state index in [4.69, 9.17) is 16.6 Å². The second kappa shape index (κ2) is 7.88. The molecule has 6 heteroatoms. The van der Waals surface area contributed by atoms with Gasteiger partial charge in [-0.15, -0.1) is 0 Å². The zero-order valence-corrected chi connectivity index (χ0v) is 16.7. The van der Waals surface area contributed by atoms with Crippen molar-refractivity contribution in [2.24, 2.45) is 5.92 Å². The molecule has 0 unspecified atom stereocenters. The molecule has 0 atom stereocenters. The van der Waals surface area contributed by atoms with Crippen LogP contribution in [0.5, 0.6) is 0 Å². The highest BCUT2D eigenvalue weighted by Crippen LogP contribution is 2.27. The van der Waals surface area contributed by atoms with Crippen molar-refractivity contribution in [1.82, 2.24) is 10.3 Å². The summed E-state index contributed by atoms with van der Waals surface area (Å²) in [6.45, 7) is 8.08. The summed E-state index contributed by atoms with van der Waals surface area (Å²) in [7, 11) is 0. The van der Waals surface area contributed by atoms with E-state index in [1.807, 2.05) is 32.0 Å². The number of nitrogens with one attached hydrogen (secondary N) is 2. The van der Waals surface area contributed by atoms with Gasteiger partial charge in [0.1, 0.15) is 5.52 Å². The van der Waals surface area contributed by atoms with Gasteiger partial charge >= 0.3 is 0 Å². The van der Waals surface area contributed by atoms with Crippen LogP contribution in [0, 0.1) is 19.8 Å². The molecular formula is C21H23N3O2S. The Morgan fingerprint density at radius 1 is 1.15 bits per heavy atom. The molecule has 0 aliphatic carbocycles. The number of amides is 1. The van der Waals surface area contributed by atoms with Gasteiger partial charge in [-0.1, -0.05) is 31.0 Å². The summed E-state index contributed by atoms with van der Waals surface area (Å²) in [6.07, 6.45) is 0.434. The highest BCUT2D eigenvalue weighted by atomic mass is 32.1. The summed E-state index contributed by atoms with van der Waals surface area (Å²) in [6, 6.07) is 11.8. The number of anilines is 1. The average molecular weight is 382 g/mol. The monoisotopic (exact) mass is 381 g/mol. The molecule has 0 aliphatic heterocycles. The van der Waals surface area contributed by atoms with Crippen LogP contribution < -0.4 is 10.6 Å². The number of nitrogens with zero attached hydrogens (tertiary/aromatic N) is 1. The summed E-state index contributed by atoms with van der Waals surface area (Å²) in [5.41, 5.74) is 5.46. The van der Waals surface area contributed by atoms with Gasteiger partial charge in [0.15, 0.2) is 10.7 Å². The number of oxazole rings is 1. The second-order valence-electron chi connectivity index (χ2n) is 7.18. The summed E-state index contributed by atoms with van der Waals surface area (Å²) >= 11 is 5.21. The number of carbonyl (C=O) groups excluding carboxylic acids is 1. The molecule has 1 aromatic heterocycles. The summed E-state index contributed by atoms with van der Waals surface area (Å²) in [4.78, 5) is 16.4. The van der Waals surface area contributed by atoms with Crippen molar-refractivity contribution >= 4 is 40.0 Å². The van der Waals surface area contributed by atoms with Gasteiger partial charge in [0.05, 0.1) is 0 Å². The number of aromatic nitrogens is 1. The largest absolute Gasteiger partial charge is 0.436 e. The maximum Gasteiger partial charge on any atom is 0.227 e. The van der Waals surface area contributed by atoms with E-state index in [2.05, 4.69) is 47.7 Å². The van der Waals surface area contributed by atoms with E-state index in [1.54, 1.807) is 0 Å². The van der Waals surface area contributed by atoms with E-state index < -0.39 is 0 Å². The van der Waals surface area contributed by atoms with Gasteiger partial charge in [-0.3, -0.25) is 4.79 Å². The number of fused-ring (bicyclic) bond motifs is 1. The predicted octanol–water partition coefficient (Wildman–Crippen LogP) is 4.97. The minimum Gasteiger partial charge on any atom is -0.436 e. The zero-order valence-electron chi connectivity index (χ0n) is 15.9. The number of aryl methyl sites for hydroxylation is 2. The molecule has 0 saturated carbocycles. The fourth-order valence-corrected chi connectivity index (χ4v) is 3.17. The van der Waals surface area contributed by atoms with Gasteiger partial charge < -0.3 is 15.1 Å². The second-order valence-corrected chi connectivity index (χ2v) is 7.59. The molecule has 0 saturated heterocycles. The number of carbonyl (C=O) groups is 1. The lowest BCUT2D eigenvalue weighted by Crippen LogP contribution is -2.34. The highest BCUT2D eigenvalue weighted by molar-refractivity contribution is 7.80. The third-order valence-electron chi connectivity index (χ3n) is 3.96. The minimum atomic E-state index is -0.0953. The zero-order chi connectivity index (χ0) is 19.6. The van der Waals surface area contributed by atoms with Crippen LogP contribution in [0.3, 0.4) is 0 Å². The molecule has 5 nitrogen and oxygen atoms in total. The molecule has 27 heavy (non-hydrogen) atoms. The van der Waals surface area contributed by atoms with Gasteiger partial charge in [-0.25, -0.2) is 4.98 Å². The van der Waals surface area contributed by atoms with Crippen molar-refractivity contribution < 1.29 is 9.21 Å². The number of rotatable bonds is 4. The molecule has 0 spiro atoms. The maximum absolute atomic E-state index is 11.8. The Kier molecular flexibility index (Phi) is 5.56. The van der Waals surface area contributed by atoms with Crippen LogP contribution in [-0.4, -0.2) is 16.0 Å². The quantitative estimate of drug-likeness (QED) is 0.625. The molecule has 140 valence electrons. The molecule has 0 radical (unpaired) electrons. The molecule has 0 aliphatic rings. The highest BCUT2D eigenvalue weighted by Gasteiger charge is 2.11. The Bertz CT molecular complexity index is 988. The van der Waals surface area contributed by atoms with Crippen LogP contribution in [0.15, 0.2) is 40.8 Å². The Hall–Kier alpha value is -2.73. The van der Waals surface area contributed by atoms with Crippen molar-refractivity contribution in [3.8, 4) is 11.5 Å². The molecule has 1 heterocycles. The lowest BCUT2D eigenvalue weighted by molar-refractivity contribution is -0.120. The standard InChI is InChI=1S/C21H23N3O2S/c1-12(2)7-19(25)24-21(27)22-16-5-6-18-17(11-16)23-20(26-18)15-9-13(3)8-14(4)10-15/h5-6,8-12H,7H2,1-4H3,(H2,22,24,25,27). The van der Waals surface area contributed by atoms with Crippen molar-refractivity contribution in [2.45, 2.75) is 34.1 Å². The van der Waals surface area contributed by atoms with E-state index in [0.29, 0.717) is 17.9 Å². The first kappa shape index (κ1) is 19.0. The van der Waals surface area contributed by atoms with E-state index in [9.17, 15) is 4.79 Å². The number of thiocarbonyl (C=S) groups is 1. The maximum atomic E-state index is 11.8. The third-order valence-corrected chi connectivity index (χ3v) is 4.16. The van der Waals surface area contributed by atoms with E-state index >= 15 is 0 Å². The number of hydrogen-bond acceptors (Lipinski definition) is 4. The molecule has 3 aromatic rings. The Labute approximate surface area is 164 Å². The predicted molar refractivity (Wildman–Crippen MR) is 113 cm³/mol. The summed E-state index contributed by atoms with van der Waals surface area (Å²) < 4.78 is 5.89. The van der Waals surface area contributed by atoms with Gasteiger partial charge in [-0.05, 0) is 62.3 Å². The van der Waals surface area contributed by atoms with Crippen LogP contribution >= 0.6 is 12.2 Å². The first-order chi connectivity index (χ1) is 12.8. The van der Waals surface area contributed by atoms with Crippen LogP contribution in [0.25, 0.3) is 22.6 Å². The van der Waals surface area contributed by atoms with Gasteiger partial charge in [-0.2, -0.15) is 0 Å². The molecule has 0 fully saturated rings. The van der Waals surface area contributed by atoms with Crippen LogP contribution in [-0.2, 0) is 4.79 Å². The third kappa shape index (κ3) is 4.92. The van der Waals surface area contributed by atoms with E-state index in [-0.39, 0.29) is 16.9 Å². The van der Waals surface area contributed by atoms with Gasteiger partial charge in [0.25, 0.3) is 0 Å². The van der Waals surface area contributed by atoms with Gasteiger partial charge in [0, 0.05) is 17.7 Å². The lowest BCUT2D eigenvalue weighted by Gasteiger charge is -2.10. The van der Waals surface area contributed by atoms with Crippen LogP contribution in [0.4, 0.5) is 5.69 Å². The number of benzene rings is 2. The molecule has 1 amide bonds.